The molecular formula is C52H41NS2. The fourth-order valence-corrected chi connectivity index (χ4v) is 10.3. The molecule has 9 rings (SSSR count). The molecule has 0 amide bonds. The third-order valence-corrected chi connectivity index (χ3v) is 13.3. The molecule has 0 bridgehead atoms. The predicted octanol–water partition coefficient (Wildman–Crippen LogP) is 15.6. The topological polar surface area (TPSA) is 3.24 Å². The highest BCUT2D eigenvalue weighted by atomic mass is 32.2. The summed E-state index contributed by atoms with van der Waals surface area (Å²) >= 11 is 3.80. The summed E-state index contributed by atoms with van der Waals surface area (Å²) in [6, 6.07) is 58.0. The highest BCUT2D eigenvalue weighted by Gasteiger charge is 2.37. The number of nitrogens with zero attached hydrogens (tertiary/aromatic N) is 1. The van der Waals surface area contributed by atoms with Crippen molar-refractivity contribution in [3.63, 3.8) is 0 Å². The Morgan fingerprint density at radius 3 is 1.64 bits per heavy atom. The average molecular weight is 744 g/mol. The Kier molecular flexibility index (Phi) is 9.22. The smallest absolute Gasteiger partial charge is 0.0462 e. The number of para-hydroxylation sites is 1. The van der Waals surface area contributed by atoms with Crippen LogP contribution in [0.4, 0.5) is 17.1 Å². The number of hydrogen-bond donors (Lipinski definition) is 0. The van der Waals surface area contributed by atoms with Crippen LogP contribution in [0, 0.1) is 0 Å². The van der Waals surface area contributed by atoms with E-state index in [2.05, 4.69) is 195 Å². The second-order valence-electron chi connectivity index (χ2n) is 14.6. The fraction of sp³-hybridized carbons (Fsp3) is 0.0769. The molecule has 0 aromatic heterocycles. The normalized spacial score (nSPS) is 13.8. The van der Waals surface area contributed by atoms with Crippen molar-refractivity contribution < 1.29 is 0 Å². The van der Waals surface area contributed by atoms with Gasteiger partial charge in [0.05, 0.1) is 0 Å². The van der Waals surface area contributed by atoms with Crippen LogP contribution in [0.15, 0.2) is 208 Å². The van der Waals surface area contributed by atoms with Crippen LogP contribution in [0.25, 0.3) is 39.0 Å². The van der Waals surface area contributed by atoms with Crippen LogP contribution in [-0.2, 0) is 5.41 Å². The minimum atomic E-state index is -0.0576. The van der Waals surface area contributed by atoms with E-state index in [0.29, 0.717) is 0 Å². The van der Waals surface area contributed by atoms with E-state index < -0.39 is 0 Å². The lowest BCUT2D eigenvalue weighted by Gasteiger charge is -2.26. The van der Waals surface area contributed by atoms with Crippen LogP contribution in [0.5, 0.6) is 0 Å². The van der Waals surface area contributed by atoms with Gasteiger partial charge in [-0.05, 0) is 129 Å². The monoisotopic (exact) mass is 743 g/mol. The molecule has 7 aromatic carbocycles. The molecule has 0 fully saturated rings. The first-order valence-corrected chi connectivity index (χ1v) is 20.4. The van der Waals surface area contributed by atoms with Crippen LogP contribution >= 0.6 is 23.5 Å². The summed E-state index contributed by atoms with van der Waals surface area (Å²) in [7, 11) is 0. The summed E-state index contributed by atoms with van der Waals surface area (Å²) < 4.78 is 0. The van der Waals surface area contributed by atoms with Crippen LogP contribution in [0.1, 0.15) is 37.5 Å². The fourth-order valence-electron chi connectivity index (χ4n) is 7.99. The molecule has 0 unspecified atom stereocenters. The van der Waals surface area contributed by atoms with Crippen molar-refractivity contribution in [3.05, 3.63) is 205 Å². The molecule has 1 heterocycles. The molecule has 0 N–H and O–H groups in total. The van der Waals surface area contributed by atoms with Gasteiger partial charge in [-0.2, -0.15) is 0 Å². The highest BCUT2D eigenvalue weighted by molar-refractivity contribution is 8.05. The molecule has 0 spiro atoms. The molecule has 1 nitrogen and oxygen atoms in total. The van der Waals surface area contributed by atoms with Gasteiger partial charge in [0.25, 0.3) is 0 Å². The van der Waals surface area contributed by atoms with Gasteiger partial charge in [-0.15, -0.1) is 0 Å². The van der Waals surface area contributed by atoms with Gasteiger partial charge in [0.15, 0.2) is 0 Å². The SMILES string of the molecule is C=C/C=C(\C=C/C)c1ccc(-c2ccc(N(c3ccccc3)c3ccc(-c4ccc5c(c4)-c4cc6c(cc4C5(C)C)Sc4ccccc4S6)cc3)cc2)cc1. The Hall–Kier alpha value is -5.74. The van der Waals surface area contributed by atoms with Gasteiger partial charge in [-0.1, -0.05) is 159 Å². The molecular weight excluding hydrogens is 703 g/mol. The third kappa shape index (κ3) is 6.48. The zero-order valence-electron chi connectivity index (χ0n) is 31.3. The summed E-state index contributed by atoms with van der Waals surface area (Å²) in [4.78, 5) is 7.73. The van der Waals surface area contributed by atoms with Gasteiger partial charge >= 0.3 is 0 Å². The molecule has 1 aliphatic carbocycles. The van der Waals surface area contributed by atoms with E-state index in [-0.39, 0.29) is 5.41 Å². The molecule has 266 valence electrons. The first-order chi connectivity index (χ1) is 26.9. The minimum absolute atomic E-state index is 0.0576. The number of rotatable bonds is 8. The van der Waals surface area contributed by atoms with Crippen LogP contribution in [0.3, 0.4) is 0 Å². The first kappa shape index (κ1) is 35.0. The van der Waals surface area contributed by atoms with Gasteiger partial charge in [0.1, 0.15) is 0 Å². The van der Waals surface area contributed by atoms with Crippen LogP contribution in [0.2, 0.25) is 0 Å². The maximum Gasteiger partial charge on any atom is 0.0462 e. The maximum absolute atomic E-state index is 3.88. The second kappa shape index (κ2) is 14.5. The predicted molar refractivity (Wildman–Crippen MR) is 237 cm³/mol. The molecule has 3 heteroatoms. The van der Waals surface area contributed by atoms with Crippen LogP contribution in [-0.4, -0.2) is 0 Å². The van der Waals surface area contributed by atoms with E-state index in [1.807, 2.05) is 42.6 Å². The Morgan fingerprint density at radius 2 is 1.04 bits per heavy atom. The van der Waals surface area contributed by atoms with E-state index >= 15 is 0 Å². The zero-order chi connectivity index (χ0) is 37.5. The van der Waals surface area contributed by atoms with Crippen molar-refractivity contribution in [2.75, 3.05) is 4.90 Å². The van der Waals surface area contributed by atoms with E-state index in [9.17, 15) is 0 Å². The molecule has 0 saturated heterocycles. The highest BCUT2D eigenvalue weighted by Crippen LogP contribution is 2.56. The summed E-state index contributed by atoms with van der Waals surface area (Å²) in [5, 5.41) is 0. The summed E-state index contributed by atoms with van der Waals surface area (Å²) in [6.45, 7) is 10.7. The largest absolute Gasteiger partial charge is 0.311 e. The number of fused-ring (bicyclic) bond motifs is 5. The third-order valence-electron chi connectivity index (χ3n) is 10.8. The van der Waals surface area contributed by atoms with E-state index in [1.54, 1.807) is 0 Å². The second-order valence-corrected chi connectivity index (χ2v) is 16.7. The lowest BCUT2D eigenvalue weighted by atomic mass is 9.82. The van der Waals surface area contributed by atoms with E-state index in [0.717, 1.165) is 22.6 Å². The first-order valence-electron chi connectivity index (χ1n) is 18.8. The van der Waals surface area contributed by atoms with Gasteiger partial charge in [-0.3, -0.25) is 0 Å². The van der Waals surface area contributed by atoms with Crippen molar-refractivity contribution in [1.82, 2.24) is 0 Å². The lowest BCUT2D eigenvalue weighted by molar-refractivity contribution is 0.657. The number of anilines is 3. The zero-order valence-corrected chi connectivity index (χ0v) is 32.9. The molecule has 0 radical (unpaired) electrons. The van der Waals surface area contributed by atoms with Crippen LogP contribution < -0.4 is 4.90 Å². The average Bonchev–Trinajstić information content (AvgIpc) is 3.44. The van der Waals surface area contributed by atoms with Crippen molar-refractivity contribution in [2.45, 2.75) is 45.8 Å². The minimum Gasteiger partial charge on any atom is -0.311 e. The summed E-state index contributed by atoms with van der Waals surface area (Å²) in [5.41, 5.74) is 16.0. The molecule has 2 aliphatic rings. The van der Waals surface area contributed by atoms with Crippen molar-refractivity contribution >= 4 is 46.2 Å². The molecule has 1 aliphatic heterocycles. The van der Waals surface area contributed by atoms with Crippen molar-refractivity contribution in [2.24, 2.45) is 0 Å². The Labute approximate surface area is 333 Å². The lowest BCUT2D eigenvalue weighted by Crippen LogP contribution is -2.15. The quantitative estimate of drug-likeness (QED) is 0.143. The van der Waals surface area contributed by atoms with E-state index in [1.165, 1.54) is 69.7 Å². The number of hydrogen-bond acceptors (Lipinski definition) is 3. The number of benzene rings is 7. The summed E-state index contributed by atoms with van der Waals surface area (Å²) in [5.74, 6) is 0. The Bertz CT molecular complexity index is 2610. The Balaban J connectivity index is 1.01. The molecule has 0 saturated carbocycles. The standard InChI is InChI=1S/C52H41NS2/c1-5-12-35(13-6-2)36-18-20-37(21-19-36)38-22-27-42(28-23-38)53(41-14-8-7-9-15-41)43-29-24-39(25-30-43)40-26-31-46-44(32-40)45-33-50-51(34-47(45)52(46,3)4)55-49-17-11-10-16-48(49)54-50/h5-34H,1H2,2-4H3/b13-6-,35-12+. The maximum atomic E-state index is 3.88. The van der Waals surface area contributed by atoms with Gasteiger partial charge in [0.2, 0.25) is 0 Å². The molecule has 55 heavy (non-hydrogen) atoms. The van der Waals surface area contributed by atoms with Crippen molar-refractivity contribution in [3.8, 4) is 33.4 Å². The van der Waals surface area contributed by atoms with Gasteiger partial charge in [0, 0.05) is 42.1 Å². The number of allylic oxidation sites excluding steroid dienone is 5. The van der Waals surface area contributed by atoms with Gasteiger partial charge in [-0.25, -0.2) is 0 Å². The van der Waals surface area contributed by atoms with E-state index in [4.69, 9.17) is 0 Å². The molecule has 7 aromatic rings. The Morgan fingerprint density at radius 1 is 0.527 bits per heavy atom. The van der Waals surface area contributed by atoms with Crippen molar-refractivity contribution in [1.29, 1.82) is 0 Å². The van der Waals surface area contributed by atoms with Gasteiger partial charge < -0.3 is 4.90 Å². The molecule has 0 atom stereocenters. The summed E-state index contributed by atoms with van der Waals surface area (Å²) in [6.07, 6.45) is 8.06.